The minimum absolute atomic E-state index is 0.0703. The molecule has 6 nitrogen and oxygen atoms in total. The molecule has 4 rings (SSSR count). The molecule has 0 saturated heterocycles. The fourth-order valence-corrected chi connectivity index (χ4v) is 2.98. The number of nitrogens with zero attached hydrogens (tertiary/aromatic N) is 2. The third-order valence-electron chi connectivity index (χ3n) is 4.52. The molecule has 28 heavy (non-hydrogen) atoms. The zero-order valence-electron chi connectivity index (χ0n) is 15.0. The molecule has 6 heteroatoms. The maximum atomic E-state index is 12.5. The fraction of sp³-hybridized carbons (Fsp3) is 0.0909. The molecule has 0 aliphatic carbocycles. The number of phenolic OH excluding ortho intramolecular Hbond substituents is 1. The van der Waals surface area contributed by atoms with E-state index in [4.69, 9.17) is 0 Å². The Morgan fingerprint density at radius 2 is 1.75 bits per heavy atom. The number of benzene rings is 2. The van der Waals surface area contributed by atoms with Crippen LogP contribution in [0.25, 0.3) is 16.9 Å². The number of imidazole rings is 1. The molecule has 1 amide bonds. The summed E-state index contributed by atoms with van der Waals surface area (Å²) in [5.74, 6) is -0.154. The number of aliphatic hydroxyl groups is 1. The molecule has 4 aromatic rings. The second-order valence-electron chi connectivity index (χ2n) is 6.49. The summed E-state index contributed by atoms with van der Waals surface area (Å²) < 4.78 is 1.81. The Balaban J connectivity index is 1.47. The molecule has 2 heterocycles. The van der Waals surface area contributed by atoms with Gasteiger partial charge in [0.2, 0.25) is 0 Å². The maximum absolute atomic E-state index is 12.5. The van der Waals surface area contributed by atoms with Crippen LogP contribution < -0.4 is 5.32 Å². The summed E-state index contributed by atoms with van der Waals surface area (Å²) in [5.41, 5.74) is 3.69. The van der Waals surface area contributed by atoms with Crippen LogP contribution >= 0.6 is 0 Å². The standard InChI is InChI=1S/C22H19N3O3/c26-18-9-6-16(7-10-18)20(27)12-23-22(28)17-8-11-21-24-19(14-25(21)13-17)15-4-2-1-3-5-15/h1-11,13-14,20,26-27H,12H2,(H,23,28)/t20-/m0/s1. The highest BCUT2D eigenvalue weighted by atomic mass is 16.3. The fourth-order valence-electron chi connectivity index (χ4n) is 2.98. The van der Waals surface area contributed by atoms with Crippen LogP contribution in [0.2, 0.25) is 0 Å². The molecular weight excluding hydrogens is 354 g/mol. The molecule has 0 bridgehead atoms. The minimum Gasteiger partial charge on any atom is -0.508 e. The lowest BCUT2D eigenvalue weighted by atomic mass is 10.1. The van der Waals surface area contributed by atoms with Crippen LogP contribution in [0.15, 0.2) is 79.1 Å². The highest BCUT2D eigenvalue weighted by Gasteiger charge is 2.12. The first-order valence-corrected chi connectivity index (χ1v) is 8.89. The Labute approximate surface area is 161 Å². The highest BCUT2D eigenvalue weighted by molar-refractivity contribution is 5.94. The Bertz CT molecular complexity index is 1110. The van der Waals surface area contributed by atoms with E-state index in [9.17, 15) is 15.0 Å². The maximum Gasteiger partial charge on any atom is 0.252 e. The van der Waals surface area contributed by atoms with Crippen molar-refractivity contribution in [3.05, 3.63) is 90.3 Å². The largest absolute Gasteiger partial charge is 0.508 e. The number of carbonyl (C=O) groups is 1. The summed E-state index contributed by atoms with van der Waals surface area (Å²) in [5, 5.41) is 22.2. The quantitative estimate of drug-likeness (QED) is 0.501. The van der Waals surface area contributed by atoms with Gasteiger partial charge in [-0.2, -0.15) is 0 Å². The van der Waals surface area contributed by atoms with Crippen LogP contribution in [0.1, 0.15) is 22.0 Å². The van der Waals surface area contributed by atoms with Crippen molar-refractivity contribution in [2.24, 2.45) is 0 Å². The van der Waals surface area contributed by atoms with E-state index in [2.05, 4.69) is 10.3 Å². The van der Waals surface area contributed by atoms with Crippen molar-refractivity contribution in [2.45, 2.75) is 6.10 Å². The molecular formula is C22H19N3O3. The van der Waals surface area contributed by atoms with E-state index in [1.807, 2.05) is 40.9 Å². The van der Waals surface area contributed by atoms with Gasteiger partial charge < -0.3 is 19.9 Å². The summed E-state index contributed by atoms with van der Waals surface area (Å²) in [6.45, 7) is 0.0703. The lowest BCUT2D eigenvalue weighted by Gasteiger charge is -2.12. The minimum atomic E-state index is -0.855. The molecule has 140 valence electrons. The number of aromatic hydroxyl groups is 1. The molecule has 0 spiro atoms. The van der Waals surface area contributed by atoms with Gasteiger partial charge in [-0.15, -0.1) is 0 Å². The lowest BCUT2D eigenvalue weighted by Crippen LogP contribution is -2.28. The number of aliphatic hydroxyl groups excluding tert-OH is 1. The van der Waals surface area contributed by atoms with Gasteiger partial charge in [0, 0.05) is 24.5 Å². The monoisotopic (exact) mass is 373 g/mol. The van der Waals surface area contributed by atoms with Crippen molar-refractivity contribution in [2.75, 3.05) is 6.54 Å². The molecule has 0 saturated carbocycles. The van der Waals surface area contributed by atoms with Crippen LogP contribution in [0.5, 0.6) is 5.75 Å². The summed E-state index contributed by atoms with van der Waals surface area (Å²) >= 11 is 0. The third-order valence-corrected chi connectivity index (χ3v) is 4.52. The summed E-state index contributed by atoms with van der Waals surface area (Å²) in [7, 11) is 0. The lowest BCUT2D eigenvalue weighted by molar-refractivity contribution is 0.0916. The zero-order chi connectivity index (χ0) is 19.5. The summed E-state index contributed by atoms with van der Waals surface area (Å²) in [4.78, 5) is 17.0. The third kappa shape index (κ3) is 3.72. The SMILES string of the molecule is O=C(NC[C@H](O)c1ccc(O)cc1)c1ccc2nc(-c3ccccc3)cn2c1. The number of phenols is 1. The number of nitrogens with one attached hydrogen (secondary N) is 1. The molecule has 1 atom stereocenters. The Morgan fingerprint density at radius 3 is 2.50 bits per heavy atom. The first-order valence-electron chi connectivity index (χ1n) is 8.89. The average Bonchev–Trinajstić information content (AvgIpc) is 3.16. The number of rotatable bonds is 5. The number of carbonyl (C=O) groups excluding carboxylic acids is 1. The van der Waals surface area contributed by atoms with Crippen molar-refractivity contribution < 1.29 is 15.0 Å². The van der Waals surface area contributed by atoms with Crippen molar-refractivity contribution >= 4 is 11.6 Å². The number of hydrogen-bond donors (Lipinski definition) is 3. The van der Waals surface area contributed by atoms with Gasteiger partial charge in [0.1, 0.15) is 11.4 Å². The molecule has 3 N–H and O–H groups in total. The van der Waals surface area contributed by atoms with Gasteiger partial charge in [0.05, 0.1) is 17.4 Å². The van der Waals surface area contributed by atoms with Crippen molar-refractivity contribution in [3.63, 3.8) is 0 Å². The molecule has 0 aliphatic heterocycles. The Morgan fingerprint density at radius 1 is 1.00 bits per heavy atom. The average molecular weight is 373 g/mol. The van der Waals surface area contributed by atoms with Crippen molar-refractivity contribution in [3.8, 4) is 17.0 Å². The van der Waals surface area contributed by atoms with Crippen LogP contribution in [-0.2, 0) is 0 Å². The first kappa shape index (κ1) is 17.8. The highest BCUT2D eigenvalue weighted by Crippen LogP contribution is 2.19. The Hall–Kier alpha value is -3.64. The van der Waals surface area contributed by atoms with Crippen LogP contribution in [-0.4, -0.2) is 32.0 Å². The number of aromatic nitrogens is 2. The van der Waals surface area contributed by atoms with Crippen LogP contribution in [0.3, 0.4) is 0 Å². The topological polar surface area (TPSA) is 86.9 Å². The van der Waals surface area contributed by atoms with E-state index in [1.165, 1.54) is 12.1 Å². The molecule has 0 fully saturated rings. The molecule has 0 radical (unpaired) electrons. The first-order chi connectivity index (χ1) is 13.6. The van der Waals surface area contributed by atoms with Crippen molar-refractivity contribution in [1.82, 2.24) is 14.7 Å². The predicted molar refractivity (Wildman–Crippen MR) is 106 cm³/mol. The number of hydrogen-bond acceptors (Lipinski definition) is 4. The van der Waals surface area contributed by atoms with E-state index < -0.39 is 6.10 Å². The van der Waals surface area contributed by atoms with Gasteiger partial charge in [-0.3, -0.25) is 4.79 Å². The van der Waals surface area contributed by atoms with E-state index in [1.54, 1.807) is 30.5 Å². The van der Waals surface area contributed by atoms with Gasteiger partial charge in [0.15, 0.2) is 0 Å². The number of pyridine rings is 1. The Kier molecular flexibility index (Phi) is 4.78. The van der Waals surface area contributed by atoms with Gasteiger partial charge in [-0.05, 0) is 29.8 Å². The summed E-state index contributed by atoms with van der Waals surface area (Å²) in [6.07, 6.45) is 2.75. The summed E-state index contributed by atoms with van der Waals surface area (Å²) in [6, 6.07) is 19.6. The molecule has 2 aromatic heterocycles. The van der Waals surface area contributed by atoms with E-state index in [0.29, 0.717) is 11.1 Å². The zero-order valence-corrected chi connectivity index (χ0v) is 15.0. The normalized spacial score (nSPS) is 12.0. The van der Waals surface area contributed by atoms with Gasteiger partial charge in [0.25, 0.3) is 5.91 Å². The predicted octanol–water partition coefficient (Wildman–Crippen LogP) is 3.17. The van der Waals surface area contributed by atoms with Crippen LogP contribution in [0, 0.1) is 0 Å². The second-order valence-corrected chi connectivity index (χ2v) is 6.49. The second kappa shape index (κ2) is 7.54. The molecule has 2 aromatic carbocycles. The van der Waals surface area contributed by atoms with Crippen molar-refractivity contribution in [1.29, 1.82) is 0 Å². The smallest absolute Gasteiger partial charge is 0.252 e. The number of fused-ring (bicyclic) bond motifs is 1. The van der Waals surface area contributed by atoms with Gasteiger partial charge in [-0.25, -0.2) is 4.98 Å². The molecule has 0 unspecified atom stereocenters. The van der Waals surface area contributed by atoms with E-state index in [0.717, 1.165) is 16.9 Å². The molecule has 0 aliphatic rings. The van der Waals surface area contributed by atoms with Crippen LogP contribution in [0.4, 0.5) is 0 Å². The van der Waals surface area contributed by atoms with E-state index in [-0.39, 0.29) is 18.2 Å². The van der Waals surface area contributed by atoms with Gasteiger partial charge >= 0.3 is 0 Å². The van der Waals surface area contributed by atoms with Gasteiger partial charge in [-0.1, -0.05) is 42.5 Å². The van der Waals surface area contributed by atoms with E-state index >= 15 is 0 Å². The number of amides is 1.